The normalized spacial score (nSPS) is 11.0. The summed E-state index contributed by atoms with van der Waals surface area (Å²) in [6.07, 6.45) is 1.53. The van der Waals surface area contributed by atoms with Crippen LogP contribution in [0, 0.1) is 0 Å². The first-order chi connectivity index (χ1) is 13.0. The summed E-state index contributed by atoms with van der Waals surface area (Å²) >= 11 is 6.02. The van der Waals surface area contributed by atoms with Gasteiger partial charge >= 0.3 is 0 Å². The minimum Gasteiger partial charge on any atom is -0.309 e. The summed E-state index contributed by atoms with van der Waals surface area (Å²) in [6, 6.07) is 19.3. The molecule has 1 aromatic heterocycles. The van der Waals surface area contributed by atoms with Crippen LogP contribution in [0.2, 0.25) is 5.02 Å². The largest absolute Gasteiger partial charge is 0.309 e. The number of hydrogen-bond acceptors (Lipinski definition) is 4. The highest BCUT2D eigenvalue weighted by molar-refractivity contribution is 7.92. The molecule has 138 valence electrons. The van der Waals surface area contributed by atoms with Gasteiger partial charge in [0.2, 0.25) is 5.91 Å². The number of sulfonamides is 1. The summed E-state index contributed by atoms with van der Waals surface area (Å²) in [6.45, 7) is -0.422. The van der Waals surface area contributed by atoms with E-state index in [-0.39, 0.29) is 4.90 Å². The van der Waals surface area contributed by atoms with Crippen molar-refractivity contribution < 1.29 is 13.2 Å². The van der Waals surface area contributed by atoms with Crippen LogP contribution in [0.25, 0.3) is 0 Å². The summed E-state index contributed by atoms with van der Waals surface area (Å²) in [7, 11) is -3.96. The molecule has 1 heterocycles. The van der Waals surface area contributed by atoms with Gasteiger partial charge in [0.1, 0.15) is 12.4 Å². The lowest BCUT2D eigenvalue weighted by Crippen LogP contribution is -2.38. The Morgan fingerprint density at radius 3 is 2.41 bits per heavy atom. The SMILES string of the molecule is O=C(CN(c1cccc(Cl)c1)S(=O)(=O)c1ccccc1)Nc1ccccn1. The summed E-state index contributed by atoms with van der Waals surface area (Å²) in [5, 5.41) is 2.96. The molecule has 0 saturated carbocycles. The van der Waals surface area contributed by atoms with Gasteiger partial charge in [-0.2, -0.15) is 0 Å². The fourth-order valence-corrected chi connectivity index (χ4v) is 4.03. The molecule has 0 unspecified atom stereocenters. The molecule has 0 atom stereocenters. The average molecular weight is 402 g/mol. The van der Waals surface area contributed by atoms with E-state index in [2.05, 4.69) is 10.3 Å². The Morgan fingerprint density at radius 2 is 1.74 bits per heavy atom. The number of aromatic nitrogens is 1. The second kappa shape index (κ2) is 8.20. The van der Waals surface area contributed by atoms with Gasteiger partial charge in [-0.15, -0.1) is 0 Å². The second-order valence-corrected chi connectivity index (χ2v) is 7.87. The first kappa shape index (κ1) is 18.9. The van der Waals surface area contributed by atoms with E-state index in [0.717, 1.165) is 4.31 Å². The van der Waals surface area contributed by atoms with Crippen LogP contribution in [0.5, 0.6) is 0 Å². The van der Waals surface area contributed by atoms with Crippen molar-refractivity contribution >= 4 is 39.0 Å². The van der Waals surface area contributed by atoms with E-state index in [4.69, 9.17) is 11.6 Å². The highest BCUT2D eigenvalue weighted by atomic mass is 35.5. The van der Waals surface area contributed by atoms with Crippen LogP contribution in [-0.2, 0) is 14.8 Å². The van der Waals surface area contributed by atoms with Crippen molar-refractivity contribution in [2.24, 2.45) is 0 Å². The minimum atomic E-state index is -3.96. The fourth-order valence-electron chi connectivity index (χ4n) is 2.42. The Bertz CT molecular complexity index is 1030. The van der Waals surface area contributed by atoms with E-state index < -0.39 is 22.5 Å². The average Bonchev–Trinajstić information content (AvgIpc) is 2.67. The van der Waals surface area contributed by atoms with Crippen molar-refractivity contribution in [3.63, 3.8) is 0 Å². The number of carbonyl (C=O) groups excluding carboxylic acids is 1. The zero-order chi connectivity index (χ0) is 19.3. The van der Waals surface area contributed by atoms with Gasteiger partial charge in [-0.1, -0.05) is 41.9 Å². The zero-order valence-corrected chi connectivity index (χ0v) is 15.7. The Kier molecular flexibility index (Phi) is 5.73. The molecule has 0 aliphatic carbocycles. The Morgan fingerprint density at radius 1 is 1.00 bits per heavy atom. The molecule has 0 aliphatic heterocycles. The Balaban J connectivity index is 1.94. The molecule has 0 radical (unpaired) electrons. The fraction of sp³-hybridized carbons (Fsp3) is 0.0526. The number of anilines is 2. The zero-order valence-electron chi connectivity index (χ0n) is 14.1. The molecule has 1 amide bonds. The van der Waals surface area contributed by atoms with Gasteiger partial charge in [0.25, 0.3) is 10.0 Å². The van der Waals surface area contributed by atoms with Crippen LogP contribution in [-0.4, -0.2) is 25.9 Å². The van der Waals surface area contributed by atoms with Crippen LogP contribution >= 0.6 is 11.6 Å². The lowest BCUT2D eigenvalue weighted by atomic mass is 10.3. The maximum Gasteiger partial charge on any atom is 0.264 e. The standard InChI is InChI=1S/C19H16ClN3O3S/c20-15-7-6-8-16(13-15)23(27(25,26)17-9-2-1-3-10-17)14-19(24)22-18-11-4-5-12-21-18/h1-13H,14H2,(H,21,22,24). The van der Waals surface area contributed by atoms with Gasteiger partial charge in [0.15, 0.2) is 0 Å². The highest BCUT2D eigenvalue weighted by Gasteiger charge is 2.27. The van der Waals surface area contributed by atoms with Crippen molar-refractivity contribution in [2.45, 2.75) is 4.90 Å². The van der Waals surface area contributed by atoms with Crippen molar-refractivity contribution in [3.8, 4) is 0 Å². The topological polar surface area (TPSA) is 79.4 Å². The van der Waals surface area contributed by atoms with E-state index in [1.807, 2.05) is 0 Å². The smallest absolute Gasteiger partial charge is 0.264 e. The predicted molar refractivity (Wildman–Crippen MR) is 105 cm³/mol. The van der Waals surface area contributed by atoms with Crippen LogP contribution in [0.1, 0.15) is 0 Å². The molecular formula is C19H16ClN3O3S. The number of carbonyl (C=O) groups is 1. The molecule has 0 saturated heterocycles. The van der Waals surface area contributed by atoms with Gasteiger partial charge in [-0.05, 0) is 42.5 Å². The number of benzene rings is 2. The molecule has 1 N–H and O–H groups in total. The van der Waals surface area contributed by atoms with Crippen LogP contribution in [0.4, 0.5) is 11.5 Å². The second-order valence-electron chi connectivity index (χ2n) is 5.57. The Hall–Kier alpha value is -2.90. The molecule has 6 nitrogen and oxygen atoms in total. The van der Waals surface area contributed by atoms with Crippen LogP contribution in [0.15, 0.2) is 83.9 Å². The molecule has 0 fully saturated rings. The summed E-state index contributed by atoms with van der Waals surface area (Å²) in [5.41, 5.74) is 0.294. The minimum absolute atomic E-state index is 0.0793. The van der Waals surface area contributed by atoms with Crippen molar-refractivity contribution in [3.05, 3.63) is 84.0 Å². The van der Waals surface area contributed by atoms with Crippen molar-refractivity contribution in [2.75, 3.05) is 16.2 Å². The maximum absolute atomic E-state index is 13.1. The van der Waals surface area contributed by atoms with Gasteiger partial charge in [0.05, 0.1) is 10.6 Å². The summed E-state index contributed by atoms with van der Waals surface area (Å²) < 4.78 is 27.3. The first-order valence-electron chi connectivity index (χ1n) is 8.01. The summed E-state index contributed by atoms with van der Waals surface area (Å²) in [4.78, 5) is 16.6. The molecule has 3 rings (SSSR count). The lowest BCUT2D eigenvalue weighted by molar-refractivity contribution is -0.114. The van der Waals surface area contributed by atoms with Crippen LogP contribution < -0.4 is 9.62 Å². The van der Waals surface area contributed by atoms with Gasteiger partial charge < -0.3 is 5.32 Å². The number of nitrogens with zero attached hydrogens (tertiary/aromatic N) is 2. The number of amides is 1. The van der Waals surface area contributed by atoms with E-state index >= 15 is 0 Å². The third-order valence-electron chi connectivity index (χ3n) is 3.65. The molecule has 8 heteroatoms. The van der Waals surface area contributed by atoms with E-state index in [0.29, 0.717) is 16.5 Å². The first-order valence-corrected chi connectivity index (χ1v) is 9.83. The number of hydrogen-bond donors (Lipinski definition) is 1. The maximum atomic E-state index is 13.1. The molecule has 0 bridgehead atoms. The summed E-state index contributed by atoms with van der Waals surface area (Å²) in [5.74, 6) is -0.182. The van der Waals surface area contributed by atoms with E-state index in [1.165, 1.54) is 24.4 Å². The van der Waals surface area contributed by atoms with Gasteiger partial charge in [-0.3, -0.25) is 9.10 Å². The third kappa shape index (κ3) is 4.64. The number of pyridine rings is 1. The lowest BCUT2D eigenvalue weighted by Gasteiger charge is -2.24. The van der Waals surface area contributed by atoms with Crippen molar-refractivity contribution in [1.29, 1.82) is 0 Å². The quantitative estimate of drug-likeness (QED) is 0.684. The number of nitrogens with one attached hydrogen (secondary N) is 1. The van der Waals surface area contributed by atoms with E-state index in [1.54, 1.807) is 54.6 Å². The number of rotatable bonds is 6. The van der Waals surface area contributed by atoms with Gasteiger partial charge in [0, 0.05) is 11.2 Å². The molecule has 0 aliphatic rings. The van der Waals surface area contributed by atoms with Crippen LogP contribution in [0.3, 0.4) is 0 Å². The third-order valence-corrected chi connectivity index (χ3v) is 5.67. The predicted octanol–water partition coefficient (Wildman–Crippen LogP) is 3.57. The monoisotopic (exact) mass is 401 g/mol. The Labute approximate surface area is 162 Å². The molecule has 2 aromatic carbocycles. The highest BCUT2D eigenvalue weighted by Crippen LogP contribution is 2.26. The van der Waals surface area contributed by atoms with Gasteiger partial charge in [-0.25, -0.2) is 13.4 Å². The molecule has 0 spiro atoms. The van der Waals surface area contributed by atoms with E-state index in [9.17, 15) is 13.2 Å². The molecular weight excluding hydrogens is 386 g/mol. The van der Waals surface area contributed by atoms with Crippen molar-refractivity contribution in [1.82, 2.24) is 4.98 Å². The molecule has 27 heavy (non-hydrogen) atoms. The number of halogens is 1. The molecule has 3 aromatic rings.